The third-order valence-corrected chi connectivity index (χ3v) is 2.84. The smallest absolute Gasteiger partial charge is 0.309 e. The first-order valence-corrected chi connectivity index (χ1v) is 4.88. The number of rotatable bonds is 1. The van der Waals surface area contributed by atoms with Gasteiger partial charge in [0.25, 0.3) is 0 Å². The summed E-state index contributed by atoms with van der Waals surface area (Å²) in [6.45, 7) is 0. The highest BCUT2D eigenvalue weighted by molar-refractivity contribution is 5.62. The molecule has 0 atom stereocenters. The lowest BCUT2D eigenvalue weighted by Crippen LogP contribution is -2.15. The van der Waals surface area contributed by atoms with Gasteiger partial charge in [0.2, 0.25) is 0 Å². The quantitative estimate of drug-likeness (QED) is 0.688. The average Bonchev–Trinajstić information content (AvgIpc) is 2.88. The van der Waals surface area contributed by atoms with E-state index in [-0.39, 0.29) is 5.69 Å². The van der Waals surface area contributed by atoms with Crippen molar-refractivity contribution in [2.24, 2.45) is 0 Å². The number of hydrogen-bond donors (Lipinski definition) is 1. The molecule has 3 rings (SSSR count). The molecule has 0 amide bonds. The minimum absolute atomic E-state index is 0.0654. The van der Waals surface area contributed by atoms with Crippen LogP contribution < -0.4 is 5.69 Å². The van der Waals surface area contributed by atoms with Crippen molar-refractivity contribution < 1.29 is 0 Å². The van der Waals surface area contributed by atoms with Gasteiger partial charge in [-0.2, -0.15) is 0 Å². The highest BCUT2D eigenvalue weighted by atomic mass is 16.1. The molecule has 2 aliphatic carbocycles. The van der Waals surface area contributed by atoms with Gasteiger partial charge < -0.3 is 4.98 Å². The summed E-state index contributed by atoms with van der Waals surface area (Å²) in [5, 5.41) is 0. The molecule has 0 aromatic carbocycles. The SMILES string of the molecule is O=c1[nH]c2c(n1C1=CC1)CCCC2. The zero-order valence-electron chi connectivity index (χ0n) is 7.47. The number of nitrogens with zero attached hydrogens (tertiary/aromatic N) is 1. The summed E-state index contributed by atoms with van der Waals surface area (Å²) in [6, 6.07) is 0. The maximum absolute atomic E-state index is 11.6. The van der Waals surface area contributed by atoms with Crippen LogP contribution in [0.4, 0.5) is 0 Å². The van der Waals surface area contributed by atoms with Crippen molar-refractivity contribution >= 4 is 5.70 Å². The summed E-state index contributed by atoms with van der Waals surface area (Å²) in [7, 11) is 0. The number of hydrogen-bond acceptors (Lipinski definition) is 1. The van der Waals surface area contributed by atoms with Crippen LogP contribution in [0.15, 0.2) is 10.9 Å². The summed E-state index contributed by atoms with van der Waals surface area (Å²) in [6.07, 6.45) is 7.63. The molecule has 68 valence electrons. The monoisotopic (exact) mass is 176 g/mol. The van der Waals surface area contributed by atoms with Gasteiger partial charge in [-0.05, 0) is 25.7 Å². The predicted octanol–water partition coefficient (Wildman–Crippen LogP) is 1.30. The van der Waals surface area contributed by atoms with Gasteiger partial charge in [-0.25, -0.2) is 4.79 Å². The van der Waals surface area contributed by atoms with Gasteiger partial charge in [0.1, 0.15) is 0 Å². The summed E-state index contributed by atoms with van der Waals surface area (Å²) in [5.74, 6) is 0. The molecule has 0 saturated heterocycles. The van der Waals surface area contributed by atoms with E-state index in [0.29, 0.717) is 0 Å². The molecule has 0 fully saturated rings. The van der Waals surface area contributed by atoms with E-state index in [9.17, 15) is 4.79 Å². The van der Waals surface area contributed by atoms with Gasteiger partial charge >= 0.3 is 5.69 Å². The fraction of sp³-hybridized carbons (Fsp3) is 0.500. The van der Waals surface area contributed by atoms with Crippen molar-refractivity contribution in [1.82, 2.24) is 9.55 Å². The lowest BCUT2D eigenvalue weighted by molar-refractivity contribution is 0.658. The fourth-order valence-electron chi connectivity index (χ4n) is 2.11. The molecule has 2 aliphatic rings. The van der Waals surface area contributed by atoms with Gasteiger partial charge in [-0.1, -0.05) is 6.08 Å². The second kappa shape index (κ2) is 2.37. The van der Waals surface area contributed by atoms with E-state index in [4.69, 9.17) is 0 Å². The lowest BCUT2D eigenvalue weighted by atomic mass is 10.0. The second-order valence-electron chi connectivity index (χ2n) is 3.80. The van der Waals surface area contributed by atoms with Crippen molar-refractivity contribution in [2.45, 2.75) is 32.1 Å². The maximum atomic E-state index is 11.6. The summed E-state index contributed by atoms with van der Waals surface area (Å²) >= 11 is 0. The van der Waals surface area contributed by atoms with Gasteiger partial charge in [0, 0.05) is 23.5 Å². The maximum Gasteiger partial charge on any atom is 0.330 e. The van der Waals surface area contributed by atoms with Gasteiger partial charge in [0.05, 0.1) is 0 Å². The Hall–Kier alpha value is -1.25. The van der Waals surface area contributed by atoms with Crippen LogP contribution in [-0.2, 0) is 12.8 Å². The van der Waals surface area contributed by atoms with Crippen LogP contribution >= 0.6 is 0 Å². The Morgan fingerprint density at radius 2 is 2.08 bits per heavy atom. The van der Waals surface area contributed by atoms with Gasteiger partial charge in [0.15, 0.2) is 0 Å². The molecule has 1 aromatic rings. The van der Waals surface area contributed by atoms with Crippen LogP contribution in [0.1, 0.15) is 30.7 Å². The Kier molecular flexibility index (Phi) is 1.31. The molecule has 13 heavy (non-hydrogen) atoms. The summed E-state index contributed by atoms with van der Waals surface area (Å²) < 4.78 is 1.87. The van der Waals surface area contributed by atoms with E-state index in [1.54, 1.807) is 0 Å². The van der Waals surface area contributed by atoms with Crippen LogP contribution in [0.3, 0.4) is 0 Å². The molecule has 0 unspecified atom stereocenters. The van der Waals surface area contributed by atoms with Crippen LogP contribution in [0, 0.1) is 0 Å². The number of aryl methyl sites for hydroxylation is 1. The zero-order valence-corrected chi connectivity index (χ0v) is 7.47. The third-order valence-electron chi connectivity index (χ3n) is 2.84. The topological polar surface area (TPSA) is 37.8 Å². The van der Waals surface area contributed by atoms with Crippen LogP contribution in [0.5, 0.6) is 0 Å². The first kappa shape index (κ1) is 7.18. The third kappa shape index (κ3) is 0.996. The van der Waals surface area contributed by atoms with Crippen LogP contribution in [0.2, 0.25) is 0 Å². The molecule has 0 radical (unpaired) electrons. The van der Waals surface area contributed by atoms with Crippen molar-refractivity contribution in [3.63, 3.8) is 0 Å². The Labute approximate surface area is 76.1 Å². The van der Waals surface area contributed by atoms with E-state index in [0.717, 1.165) is 19.3 Å². The largest absolute Gasteiger partial charge is 0.330 e. The number of nitrogens with one attached hydrogen (secondary N) is 1. The fourth-order valence-corrected chi connectivity index (χ4v) is 2.11. The Balaban J connectivity index is 2.21. The van der Waals surface area contributed by atoms with Gasteiger partial charge in [-0.15, -0.1) is 0 Å². The number of imidazole rings is 1. The van der Waals surface area contributed by atoms with Crippen molar-refractivity contribution in [1.29, 1.82) is 0 Å². The second-order valence-corrected chi connectivity index (χ2v) is 3.80. The first-order valence-electron chi connectivity index (χ1n) is 4.88. The molecule has 0 bridgehead atoms. The minimum atomic E-state index is 0.0654. The zero-order chi connectivity index (χ0) is 8.84. The Morgan fingerprint density at radius 3 is 2.85 bits per heavy atom. The molecular formula is C10H12N2O. The first-order chi connectivity index (χ1) is 6.36. The predicted molar refractivity (Wildman–Crippen MR) is 50.6 cm³/mol. The van der Waals surface area contributed by atoms with E-state index in [2.05, 4.69) is 11.1 Å². The molecule has 1 aromatic heterocycles. The van der Waals surface area contributed by atoms with Crippen LogP contribution in [0.25, 0.3) is 5.70 Å². The lowest BCUT2D eigenvalue weighted by Gasteiger charge is -2.11. The number of aromatic nitrogens is 2. The van der Waals surface area contributed by atoms with E-state index in [1.165, 1.54) is 29.9 Å². The van der Waals surface area contributed by atoms with E-state index < -0.39 is 0 Å². The van der Waals surface area contributed by atoms with E-state index >= 15 is 0 Å². The normalized spacial score (nSPS) is 19.5. The van der Waals surface area contributed by atoms with Crippen molar-refractivity contribution in [3.05, 3.63) is 27.9 Å². The number of allylic oxidation sites excluding steroid dienone is 2. The summed E-state index contributed by atoms with van der Waals surface area (Å²) in [4.78, 5) is 14.5. The number of aromatic amines is 1. The Morgan fingerprint density at radius 1 is 1.31 bits per heavy atom. The van der Waals surface area contributed by atoms with Crippen LogP contribution in [-0.4, -0.2) is 9.55 Å². The minimum Gasteiger partial charge on any atom is -0.309 e. The molecule has 3 nitrogen and oxygen atoms in total. The molecule has 0 spiro atoms. The van der Waals surface area contributed by atoms with Crippen molar-refractivity contribution in [3.8, 4) is 0 Å². The molecule has 1 heterocycles. The Bertz CT molecular complexity index is 436. The molecular weight excluding hydrogens is 164 g/mol. The summed E-state index contributed by atoms with van der Waals surface area (Å²) in [5.41, 5.74) is 3.66. The number of fused-ring (bicyclic) bond motifs is 1. The molecule has 0 aliphatic heterocycles. The molecule has 3 heteroatoms. The molecule has 0 saturated carbocycles. The van der Waals surface area contributed by atoms with Crippen molar-refractivity contribution in [2.75, 3.05) is 0 Å². The highest BCUT2D eigenvalue weighted by Crippen LogP contribution is 2.28. The number of H-pyrrole nitrogens is 1. The molecule has 1 N–H and O–H groups in total. The van der Waals surface area contributed by atoms with Gasteiger partial charge in [-0.3, -0.25) is 4.57 Å². The standard InChI is InChI=1S/C10H12N2O/c13-10-11-8-3-1-2-4-9(8)12(10)7-5-6-7/h5H,1-4,6H2,(H,11,13). The van der Waals surface area contributed by atoms with E-state index in [1.807, 2.05) is 4.57 Å². The average molecular weight is 176 g/mol. The highest BCUT2D eigenvalue weighted by Gasteiger charge is 2.22.